The van der Waals surface area contributed by atoms with Crippen LogP contribution in [0.5, 0.6) is 17.2 Å². The standard InChI is InChI=1S/C28H32N4O4/c1-28(22-4-3-13-29-17-22,21-7-10-24-25(14-21)36-18-35-24)32-27(33)12-11-26-30-15-20(16-31-26)19-5-8-23(34-2)9-6-19/h5-10,14-16,22,29H,3-4,11-13,17-18H2,1-2H3,(H,32,33). The van der Waals surface area contributed by atoms with Crippen LogP contribution in [-0.2, 0) is 16.8 Å². The average Bonchev–Trinajstić information content (AvgIpc) is 3.41. The number of piperidine rings is 1. The fourth-order valence-corrected chi connectivity index (χ4v) is 4.97. The van der Waals surface area contributed by atoms with Gasteiger partial charge in [-0.05, 0) is 67.6 Å². The van der Waals surface area contributed by atoms with Crippen LogP contribution in [0, 0.1) is 5.92 Å². The lowest BCUT2D eigenvalue weighted by molar-refractivity contribution is -0.123. The quantitative estimate of drug-likeness (QED) is 0.497. The third kappa shape index (κ3) is 5.14. The maximum Gasteiger partial charge on any atom is 0.231 e. The number of hydrogen-bond acceptors (Lipinski definition) is 7. The van der Waals surface area contributed by atoms with E-state index in [1.165, 1.54) is 0 Å². The number of carbonyl (C=O) groups excluding carboxylic acids is 1. The summed E-state index contributed by atoms with van der Waals surface area (Å²) in [6.07, 6.45) is 6.49. The van der Waals surface area contributed by atoms with Gasteiger partial charge in [0.15, 0.2) is 11.5 Å². The fourth-order valence-electron chi connectivity index (χ4n) is 4.97. The minimum atomic E-state index is -0.537. The zero-order valence-electron chi connectivity index (χ0n) is 20.8. The van der Waals surface area contributed by atoms with Crippen LogP contribution in [0.2, 0.25) is 0 Å². The average molecular weight is 489 g/mol. The number of rotatable bonds is 8. The van der Waals surface area contributed by atoms with E-state index in [0.717, 1.165) is 59.9 Å². The smallest absolute Gasteiger partial charge is 0.231 e. The molecule has 1 amide bonds. The zero-order chi connectivity index (χ0) is 25.0. The van der Waals surface area contributed by atoms with Crippen molar-refractivity contribution in [1.29, 1.82) is 0 Å². The van der Waals surface area contributed by atoms with E-state index in [1.54, 1.807) is 19.5 Å². The van der Waals surface area contributed by atoms with E-state index in [0.29, 0.717) is 18.7 Å². The van der Waals surface area contributed by atoms with Gasteiger partial charge in [0, 0.05) is 37.3 Å². The van der Waals surface area contributed by atoms with Crippen molar-refractivity contribution < 1.29 is 19.0 Å². The number of amides is 1. The van der Waals surface area contributed by atoms with Gasteiger partial charge in [-0.25, -0.2) is 9.97 Å². The maximum atomic E-state index is 13.2. The summed E-state index contributed by atoms with van der Waals surface area (Å²) in [6.45, 7) is 4.19. The highest BCUT2D eigenvalue weighted by molar-refractivity contribution is 5.77. The van der Waals surface area contributed by atoms with Gasteiger partial charge in [0.1, 0.15) is 11.6 Å². The summed E-state index contributed by atoms with van der Waals surface area (Å²) >= 11 is 0. The Hall–Kier alpha value is -3.65. The van der Waals surface area contributed by atoms with E-state index in [4.69, 9.17) is 14.2 Å². The highest BCUT2D eigenvalue weighted by atomic mass is 16.7. The summed E-state index contributed by atoms with van der Waals surface area (Å²) in [5.74, 6) is 3.15. The van der Waals surface area contributed by atoms with Crippen molar-refractivity contribution in [2.75, 3.05) is 27.0 Å². The van der Waals surface area contributed by atoms with Crippen LogP contribution < -0.4 is 24.8 Å². The number of aryl methyl sites for hydroxylation is 1. The van der Waals surface area contributed by atoms with Gasteiger partial charge in [0.25, 0.3) is 0 Å². The molecule has 1 saturated heterocycles. The number of carbonyl (C=O) groups is 1. The van der Waals surface area contributed by atoms with Crippen molar-refractivity contribution in [3.05, 3.63) is 66.2 Å². The van der Waals surface area contributed by atoms with Crippen molar-refractivity contribution in [2.45, 2.75) is 38.1 Å². The van der Waals surface area contributed by atoms with E-state index >= 15 is 0 Å². The Morgan fingerprint density at radius 3 is 2.61 bits per heavy atom. The highest BCUT2D eigenvalue weighted by Gasteiger charge is 2.38. The number of methoxy groups -OCH3 is 1. The second-order valence-corrected chi connectivity index (χ2v) is 9.48. The molecular formula is C28H32N4O4. The third-order valence-electron chi connectivity index (χ3n) is 7.19. The van der Waals surface area contributed by atoms with Crippen LogP contribution in [0.25, 0.3) is 11.1 Å². The van der Waals surface area contributed by atoms with Crippen molar-refractivity contribution in [1.82, 2.24) is 20.6 Å². The Labute approximate surface area is 211 Å². The number of hydrogen-bond donors (Lipinski definition) is 2. The van der Waals surface area contributed by atoms with Gasteiger partial charge in [-0.2, -0.15) is 0 Å². The molecule has 8 heteroatoms. The number of ether oxygens (including phenoxy) is 3. The van der Waals surface area contributed by atoms with Crippen molar-refractivity contribution in [3.8, 4) is 28.4 Å². The SMILES string of the molecule is COc1ccc(-c2cnc(CCC(=O)NC(C)(c3ccc4c(c3)OCO4)C3CCCNC3)nc2)cc1. The van der Waals surface area contributed by atoms with E-state index in [-0.39, 0.29) is 18.6 Å². The van der Waals surface area contributed by atoms with Crippen LogP contribution in [0.4, 0.5) is 0 Å². The highest BCUT2D eigenvalue weighted by Crippen LogP contribution is 2.40. The molecular weight excluding hydrogens is 456 g/mol. The predicted octanol–water partition coefficient (Wildman–Crippen LogP) is 3.84. The molecule has 0 aliphatic carbocycles. The number of benzene rings is 2. The second-order valence-electron chi connectivity index (χ2n) is 9.48. The van der Waals surface area contributed by atoms with Gasteiger partial charge in [-0.1, -0.05) is 18.2 Å². The Balaban J connectivity index is 1.26. The molecule has 0 radical (unpaired) electrons. The second kappa shape index (κ2) is 10.5. The van der Waals surface area contributed by atoms with Crippen molar-refractivity contribution in [2.24, 2.45) is 5.92 Å². The van der Waals surface area contributed by atoms with Crippen molar-refractivity contribution in [3.63, 3.8) is 0 Å². The summed E-state index contributed by atoms with van der Waals surface area (Å²) in [5, 5.41) is 6.83. The molecule has 2 atom stereocenters. The molecule has 1 fully saturated rings. The molecule has 8 nitrogen and oxygen atoms in total. The molecule has 0 saturated carbocycles. The molecule has 1 aromatic heterocycles. The first kappa shape index (κ1) is 24.1. The van der Waals surface area contributed by atoms with Gasteiger partial charge >= 0.3 is 0 Å². The number of nitrogens with zero attached hydrogens (tertiary/aromatic N) is 2. The van der Waals surface area contributed by atoms with E-state index in [1.807, 2.05) is 42.5 Å². The molecule has 5 rings (SSSR count). The molecule has 36 heavy (non-hydrogen) atoms. The molecule has 2 N–H and O–H groups in total. The van der Waals surface area contributed by atoms with Crippen LogP contribution >= 0.6 is 0 Å². The molecule has 3 heterocycles. The van der Waals surface area contributed by atoms with Crippen molar-refractivity contribution >= 4 is 5.91 Å². The van der Waals surface area contributed by atoms with Gasteiger partial charge < -0.3 is 24.8 Å². The monoisotopic (exact) mass is 488 g/mol. The Kier molecular flexibility index (Phi) is 7.04. The topological polar surface area (TPSA) is 94.6 Å². The first-order chi connectivity index (χ1) is 17.5. The first-order valence-electron chi connectivity index (χ1n) is 12.4. The van der Waals surface area contributed by atoms with Crippen LogP contribution in [0.1, 0.15) is 37.6 Å². The molecule has 2 aliphatic heterocycles. The molecule has 0 spiro atoms. The van der Waals surface area contributed by atoms with Crippen LogP contribution in [0.15, 0.2) is 54.9 Å². The van der Waals surface area contributed by atoms with Gasteiger partial charge in [0.2, 0.25) is 12.7 Å². The number of fused-ring (bicyclic) bond motifs is 1. The summed E-state index contributed by atoms with van der Waals surface area (Å²) in [6, 6.07) is 13.7. The summed E-state index contributed by atoms with van der Waals surface area (Å²) < 4.78 is 16.3. The molecule has 2 unspecified atom stereocenters. The summed E-state index contributed by atoms with van der Waals surface area (Å²) in [4.78, 5) is 22.2. The molecule has 188 valence electrons. The predicted molar refractivity (Wildman–Crippen MR) is 136 cm³/mol. The molecule has 2 aliphatic rings. The Morgan fingerprint density at radius 2 is 1.89 bits per heavy atom. The largest absolute Gasteiger partial charge is 0.497 e. The van der Waals surface area contributed by atoms with E-state index < -0.39 is 5.54 Å². The zero-order valence-corrected chi connectivity index (χ0v) is 20.8. The summed E-state index contributed by atoms with van der Waals surface area (Å²) in [5.41, 5.74) is 2.42. The molecule has 2 aromatic carbocycles. The maximum absolute atomic E-state index is 13.2. The summed E-state index contributed by atoms with van der Waals surface area (Å²) in [7, 11) is 1.65. The Bertz CT molecular complexity index is 1190. The lowest BCUT2D eigenvalue weighted by atomic mass is 9.75. The Morgan fingerprint density at radius 1 is 1.11 bits per heavy atom. The van der Waals surface area contributed by atoms with Gasteiger partial charge in [0.05, 0.1) is 12.6 Å². The first-order valence-corrected chi connectivity index (χ1v) is 12.4. The minimum absolute atomic E-state index is 0.0245. The third-order valence-corrected chi connectivity index (χ3v) is 7.19. The molecule has 3 aromatic rings. The number of nitrogens with one attached hydrogen (secondary N) is 2. The minimum Gasteiger partial charge on any atom is -0.497 e. The van der Waals surface area contributed by atoms with Gasteiger partial charge in [-0.15, -0.1) is 0 Å². The molecule has 0 bridgehead atoms. The fraction of sp³-hybridized carbons (Fsp3) is 0.393. The lowest BCUT2D eigenvalue weighted by Crippen LogP contribution is -2.53. The number of aromatic nitrogens is 2. The van der Waals surface area contributed by atoms with Gasteiger partial charge in [-0.3, -0.25) is 4.79 Å². The normalized spacial score (nSPS) is 18.3. The van der Waals surface area contributed by atoms with Crippen LogP contribution in [0.3, 0.4) is 0 Å². The van der Waals surface area contributed by atoms with Crippen LogP contribution in [-0.4, -0.2) is 42.9 Å². The van der Waals surface area contributed by atoms with E-state index in [9.17, 15) is 4.79 Å². The van der Waals surface area contributed by atoms with E-state index in [2.05, 4.69) is 27.5 Å². The lowest BCUT2D eigenvalue weighted by Gasteiger charge is -2.41.